The molecule has 2 aromatic rings. The van der Waals surface area contributed by atoms with Gasteiger partial charge in [0.15, 0.2) is 17.3 Å². The Labute approximate surface area is 177 Å². The van der Waals surface area contributed by atoms with Gasteiger partial charge in [-0.2, -0.15) is 0 Å². The quantitative estimate of drug-likeness (QED) is 0.669. The Bertz CT molecular complexity index is 879. The molecule has 6 heteroatoms. The highest BCUT2D eigenvalue weighted by atomic mass is 32.1. The van der Waals surface area contributed by atoms with Crippen LogP contribution in [0, 0.1) is 0 Å². The zero-order valence-electron chi connectivity index (χ0n) is 17.6. The first-order valence-corrected chi connectivity index (χ1v) is 11.2. The number of benzene rings is 1. The van der Waals surface area contributed by atoms with E-state index in [0.29, 0.717) is 6.04 Å². The summed E-state index contributed by atoms with van der Waals surface area (Å²) in [5.41, 5.74) is 4.00. The van der Waals surface area contributed by atoms with E-state index in [2.05, 4.69) is 33.4 Å². The van der Waals surface area contributed by atoms with E-state index in [1.165, 1.54) is 29.5 Å². The van der Waals surface area contributed by atoms with Crippen LogP contribution in [0.1, 0.15) is 46.1 Å². The number of hydrogen-bond donors (Lipinski definition) is 0. The summed E-state index contributed by atoms with van der Waals surface area (Å²) in [6, 6.07) is 6.93. The predicted molar refractivity (Wildman–Crippen MR) is 116 cm³/mol. The minimum Gasteiger partial charge on any atom is -0.493 e. The molecule has 0 aliphatic carbocycles. The van der Waals surface area contributed by atoms with Crippen molar-refractivity contribution in [2.75, 3.05) is 33.9 Å². The molecule has 0 amide bonds. The zero-order valence-corrected chi connectivity index (χ0v) is 18.4. The minimum absolute atomic E-state index is 0.164. The van der Waals surface area contributed by atoms with Crippen molar-refractivity contribution < 1.29 is 14.3 Å². The van der Waals surface area contributed by atoms with Crippen molar-refractivity contribution in [3.8, 4) is 11.5 Å². The van der Waals surface area contributed by atoms with Crippen molar-refractivity contribution in [3.63, 3.8) is 0 Å². The van der Waals surface area contributed by atoms with Gasteiger partial charge in [0.2, 0.25) is 0 Å². The third-order valence-corrected chi connectivity index (χ3v) is 7.23. The first kappa shape index (κ1) is 20.4. The molecule has 0 spiro atoms. The molecular weight excluding hydrogens is 384 g/mol. The molecule has 0 saturated carbocycles. The van der Waals surface area contributed by atoms with Crippen LogP contribution in [0.15, 0.2) is 23.6 Å². The summed E-state index contributed by atoms with van der Waals surface area (Å²) in [4.78, 5) is 17.6. The highest BCUT2D eigenvalue weighted by Gasteiger charge is 2.29. The largest absolute Gasteiger partial charge is 0.493 e. The molecule has 2 aliphatic rings. The number of ketones is 1. The standard InChI is InChI=1S/C23H30N2O3S/c1-16(26)23-9-17(15-29-23)12-24-7-4-5-20(14-24)25-8-6-18-10-21(27-2)22(28-3)11-19(18)13-25/h9-11,15,20H,4-8,12-14H2,1-3H3. The van der Waals surface area contributed by atoms with Gasteiger partial charge in [-0.25, -0.2) is 0 Å². The number of carbonyl (C=O) groups excluding carboxylic acids is 1. The van der Waals surface area contributed by atoms with Gasteiger partial charge in [0, 0.05) is 32.2 Å². The average molecular weight is 415 g/mol. The Balaban J connectivity index is 1.42. The molecule has 1 saturated heterocycles. The van der Waals surface area contributed by atoms with Crippen LogP contribution in [-0.4, -0.2) is 55.5 Å². The second-order valence-corrected chi connectivity index (χ2v) is 9.01. The summed E-state index contributed by atoms with van der Waals surface area (Å²) in [5.74, 6) is 1.80. The maximum absolute atomic E-state index is 11.6. The fraction of sp³-hybridized carbons (Fsp3) is 0.522. The van der Waals surface area contributed by atoms with Gasteiger partial charge in [0.05, 0.1) is 19.1 Å². The number of methoxy groups -OCH3 is 2. The molecule has 0 radical (unpaired) electrons. The van der Waals surface area contributed by atoms with E-state index in [4.69, 9.17) is 9.47 Å². The third-order valence-electron chi connectivity index (χ3n) is 6.15. The molecule has 5 nitrogen and oxygen atoms in total. The first-order chi connectivity index (χ1) is 14.1. The van der Waals surface area contributed by atoms with Crippen molar-refractivity contribution in [1.29, 1.82) is 0 Å². The van der Waals surface area contributed by atoms with Crippen LogP contribution in [0.2, 0.25) is 0 Å². The number of rotatable bonds is 6. The van der Waals surface area contributed by atoms with E-state index in [9.17, 15) is 4.79 Å². The third kappa shape index (κ3) is 4.49. The molecule has 4 rings (SSSR count). The molecule has 0 bridgehead atoms. The molecule has 1 atom stereocenters. The number of carbonyl (C=O) groups is 1. The number of ether oxygens (including phenoxy) is 2. The van der Waals surface area contributed by atoms with Gasteiger partial charge in [-0.05, 0) is 73.0 Å². The molecule has 1 unspecified atom stereocenters. The van der Waals surface area contributed by atoms with Gasteiger partial charge in [-0.1, -0.05) is 0 Å². The van der Waals surface area contributed by atoms with Crippen molar-refractivity contribution in [3.05, 3.63) is 45.1 Å². The minimum atomic E-state index is 0.164. The number of piperidine rings is 1. The Morgan fingerprint density at radius 2 is 1.90 bits per heavy atom. The summed E-state index contributed by atoms with van der Waals surface area (Å²) in [7, 11) is 3.40. The summed E-state index contributed by atoms with van der Waals surface area (Å²) in [6.45, 7) is 6.88. The molecule has 0 N–H and O–H groups in total. The van der Waals surface area contributed by atoms with E-state index >= 15 is 0 Å². The van der Waals surface area contributed by atoms with Crippen LogP contribution < -0.4 is 9.47 Å². The number of fused-ring (bicyclic) bond motifs is 1. The van der Waals surface area contributed by atoms with Gasteiger partial charge >= 0.3 is 0 Å². The molecule has 29 heavy (non-hydrogen) atoms. The van der Waals surface area contributed by atoms with E-state index in [0.717, 1.165) is 55.5 Å². The SMILES string of the molecule is COc1cc2c(cc1OC)CN(C1CCCN(Cc3csc(C(C)=O)c3)C1)CC2. The number of thiophene rings is 1. The van der Waals surface area contributed by atoms with Crippen molar-refractivity contribution in [2.45, 2.75) is 45.3 Å². The molecule has 1 aromatic heterocycles. The Morgan fingerprint density at radius 1 is 1.14 bits per heavy atom. The first-order valence-electron chi connectivity index (χ1n) is 10.4. The van der Waals surface area contributed by atoms with Gasteiger partial charge in [-0.3, -0.25) is 14.6 Å². The van der Waals surface area contributed by atoms with Gasteiger partial charge < -0.3 is 9.47 Å². The number of nitrogens with zero attached hydrogens (tertiary/aromatic N) is 2. The van der Waals surface area contributed by atoms with Crippen LogP contribution in [0.4, 0.5) is 0 Å². The van der Waals surface area contributed by atoms with Gasteiger partial charge in [0.25, 0.3) is 0 Å². The zero-order chi connectivity index (χ0) is 20.4. The maximum Gasteiger partial charge on any atom is 0.169 e. The fourth-order valence-electron chi connectivity index (χ4n) is 4.59. The van der Waals surface area contributed by atoms with Crippen LogP contribution in [0.25, 0.3) is 0 Å². The van der Waals surface area contributed by atoms with Gasteiger partial charge in [0.1, 0.15) is 0 Å². The van der Waals surface area contributed by atoms with E-state index in [1.807, 2.05) is 0 Å². The molecule has 1 aromatic carbocycles. The van der Waals surface area contributed by atoms with Gasteiger partial charge in [-0.15, -0.1) is 11.3 Å². The maximum atomic E-state index is 11.6. The second kappa shape index (κ2) is 8.86. The smallest absolute Gasteiger partial charge is 0.169 e. The number of Topliss-reactive ketones (excluding diaryl/α,β-unsaturated/α-hetero) is 1. The highest BCUT2D eigenvalue weighted by molar-refractivity contribution is 7.12. The summed E-state index contributed by atoms with van der Waals surface area (Å²) in [5, 5.41) is 2.14. The molecule has 2 aliphatic heterocycles. The second-order valence-electron chi connectivity index (χ2n) is 8.10. The lowest BCUT2D eigenvalue weighted by atomic mass is 9.95. The highest BCUT2D eigenvalue weighted by Crippen LogP contribution is 2.34. The number of hydrogen-bond acceptors (Lipinski definition) is 6. The van der Waals surface area contributed by atoms with Crippen LogP contribution in [0.3, 0.4) is 0 Å². The topological polar surface area (TPSA) is 42.0 Å². The molecule has 156 valence electrons. The molecular formula is C23H30N2O3S. The lowest BCUT2D eigenvalue weighted by Gasteiger charge is -2.41. The Hall–Kier alpha value is -1.89. The lowest BCUT2D eigenvalue weighted by molar-refractivity contribution is 0.0837. The van der Waals surface area contributed by atoms with E-state index in [1.54, 1.807) is 32.5 Å². The Kier molecular flexibility index (Phi) is 6.23. The lowest BCUT2D eigenvalue weighted by Crippen LogP contribution is -2.49. The van der Waals surface area contributed by atoms with E-state index < -0.39 is 0 Å². The summed E-state index contributed by atoms with van der Waals surface area (Å²) < 4.78 is 11.0. The molecule has 3 heterocycles. The molecule has 1 fully saturated rings. The summed E-state index contributed by atoms with van der Waals surface area (Å²) >= 11 is 1.57. The monoisotopic (exact) mass is 414 g/mol. The summed E-state index contributed by atoms with van der Waals surface area (Å²) in [6.07, 6.45) is 3.53. The van der Waals surface area contributed by atoms with Crippen LogP contribution in [-0.2, 0) is 19.5 Å². The number of likely N-dealkylation sites (tertiary alicyclic amines) is 1. The van der Waals surface area contributed by atoms with Crippen LogP contribution in [0.5, 0.6) is 11.5 Å². The van der Waals surface area contributed by atoms with Crippen molar-refractivity contribution in [2.24, 2.45) is 0 Å². The van der Waals surface area contributed by atoms with Crippen molar-refractivity contribution >= 4 is 17.1 Å². The predicted octanol–water partition coefficient (Wildman–Crippen LogP) is 3.99. The van der Waals surface area contributed by atoms with Crippen molar-refractivity contribution in [1.82, 2.24) is 9.80 Å². The van der Waals surface area contributed by atoms with E-state index in [-0.39, 0.29) is 5.78 Å². The fourth-order valence-corrected chi connectivity index (χ4v) is 5.40. The van der Waals surface area contributed by atoms with Crippen LogP contribution >= 0.6 is 11.3 Å². The Morgan fingerprint density at radius 3 is 2.59 bits per heavy atom. The normalized spacial score (nSPS) is 20.3. The average Bonchev–Trinajstić information content (AvgIpc) is 3.21.